The molecule has 0 aliphatic carbocycles. The quantitative estimate of drug-likeness (QED) is 0.707. The molecule has 27 heavy (non-hydrogen) atoms. The van der Waals surface area contributed by atoms with Crippen molar-refractivity contribution in [3.05, 3.63) is 54.1 Å². The molecule has 0 aliphatic heterocycles. The molecule has 1 unspecified atom stereocenters. The molecule has 0 radical (unpaired) electrons. The second-order valence-electron chi connectivity index (χ2n) is 6.50. The molecule has 0 bridgehead atoms. The number of amides is 2. The first-order valence-corrected chi connectivity index (χ1v) is 9.04. The fraction of sp³-hybridized carbons (Fsp3) is 0.381. The standard InChI is InChI=1S/C21H28N2O4/c1-16(4-5-17-6-8-18(24)9-7-17)22-21(25)23(2)14-15-27-20-12-10-19(26-3)11-13-20/h6-13,16,24H,4-5,14-15H2,1-3H3,(H,22,25). The van der Waals surface area contributed by atoms with Crippen LogP contribution in [0.1, 0.15) is 18.9 Å². The Balaban J connectivity index is 1.66. The van der Waals surface area contributed by atoms with Crippen LogP contribution < -0.4 is 14.8 Å². The Morgan fingerprint density at radius 2 is 1.74 bits per heavy atom. The van der Waals surface area contributed by atoms with Crippen molar-refractivity contribution in [3.8, 4) is 17.2 Å². The molecule has 0 aliphatic rings. The highest BCUT2D eigenvalue weighted by atomic mass is 16.5. The van der Waals surface area contributed by atoms with Crippen molar-refractivity contribution in [1.82, 2.24) is 10.2 Å². The number of carbonyl (C=O) groups excluding carboxylic acids is 1. The first-order valence-electron chi connectivity index (χ1n) is 9.04. The molecular formula is C21H28N2O4. The Kier molecular flexibility index (Phi) is 7.79. The second kappa shape index (κ2) is 10.3. The minimum atomic E-state index is -0.119. The average Bonchev–Trinajstić information content (AvgIpc) is 2.68. The number of ether oxygens (including phenoxy) is 2. The van der Waals surface area contributed by atoms with Crippen LogP contribution in [0.25, 0.3) is 0 Å². The largest absolute Gasteiger partial charge is 0.508 e. The number of rotatable bonds is 9. The monoisotopic (exact) mass is 372 g/mol. The average molecular weight is 372 g/mol. The molecular weight excluding hydrogens is 344 g/mol. The zero-order chi connectivity index (χ0) is 19.6. The Bertz CT molecular complexity index is 701. The first-order chi connectivity index (χ1) is 13.0. The number of urea groups is 1. The predicted octanol–water partition coefficient (Wildman–Crippen LogP) is 3.44. The summed E-state index contributed by atoms with van der Waals surface area (Å²) in [4.78, 5) is 13.9. The van der Waals surface area contributed by atoms with Gasteiger partial charge in [-0.2, -0.15) is 0 Å². The molecule has 2 N–H and O–H groups in total. The van der Waals surface area contributed by atoms with Crippen LogP contribution in [0.15, 0.2) is 48.5 Å². The summed E-state index contributed by atoms with van der Waals surface area (Å²) in [6.45, 7) is 2.89. The molecule has 0 saturated carbocycles. The van der Waals surface area contributed by atoms with E-state index in [1.54, 1.807) is 31.2 Å². The molecule has 0 spiro atoms. The summed E-state index contributed by atoms with van der Waals surface area (Å²) in [5, 5.41) is 12.3. The lowest BCUT2D eigenvalue weighted by Gasteiger charge is -2.21. The minimum absolute atomic E-state index is 0.0521. The highest BCUT2D eigenvalue weighted by Crippen LogP contribution is 2.17. The van der Waals surface area contributed by atoms with Crippen molar-refractivity contribution in [2.75, 3.05) is 27.3 Å². The van der Waals surface area contributed by atoms with Crippen LogP contribution in [-0.2, 0) is 6.42 Å². The zero-order valence-electron chi connectivity index (χ0n) is 16.1. The van der Waals surface area contributed by atoms with Gasteiger partial charge in [-0.05, 0) is 61.7 Å². The predicted molar refractivity (Wildman–Crippen MR) is 106 cm³/mol. The Morgan fingerprint density at radius 3 is 2.37 bits per heavy atom. The second-order valence-corrected chi connectivity index (χ2v) is 6.50. The lowest BCUT2D eigenvalue weighted by Crippen LogP contribution is -2.43. The number of benzene rings is 2. The third-order valence-corrected chi connectivity index (χ3v) is 4.27. The summed E-state index contributed by atoms with van der Waals surface area (Å²) in [5.74, 6) is 1.78. The topological polar surface area (TPSA) is 71.0 Å². The van der Waals surface area contributed by atoms with Crippen LogP contribution in [0.4, 0.5) is 4.79 Å². The molecule has 0 saturated heterocycles. The van der Waals surface area contributed by atoms with E-state index in [0.29, 0.717) is 13.2 Å². The third-order valence-electron chi connectivity index (χ3n) is 4.27. The molecule has 0 fully saturated rings. The molecule has 1 atom stereocenters. The van der Waals surface area contributed by atoms with Crippen molar-refractivity contribution in [2.45, 2.75) is 25.8 Å². The number of nitrogens with zero attached hydrogens (tertiary/aromatic N) is 1. The number of hydrogen-bond donors (Lipinski definition) is 2. The van der Waals surface area contributed by atoms with Gasteiger partial charge >= 0.3 is 6.03 Å². The number of aryl methyl sites for hydroxylation is 1. The molecule has 2 aromatic rings. The Morgan fingerprint density at radius 1 is 1.11 bits per heavy atom. The Labute approximate surface area is 160 Å². The fourth-order valence-corrected chi connectivity index (χ4v) is 2.51. The number of hydrogen-bond acceptors (Lipinski definition) is 4. The number of methoxy groups -OCH3 is 1. The third kappa shape index (κ3) is 7.09. The van der Waals surface area contributed by atoms with Gasteiger partial charge in [0.25, 0.3) is 0 Å². The highest BCUT2D eigenvalue weighted by Gasteiger charge is 2.12. The summed E-state index contributed by atoms with van der Waals surface area (Å²) in [6.07, 6.45) is 1.67. The molecule has 146 valence electrons. The number of likely N-dealkylation sites (N-methyl/N-ethyl adjacent to an activating group) is 1. The van der Waals surface area contributed by atoms with Crippen LogP contribution in [0.3, 0.4) is 0 Å². The summed E-state index contributed by atoms with van der Waals surface area (Å²) in [5.41, 5.74) is 1.13. The molecule has 0 heterocycles. The van der Waals surface area contributed by atoms with Crippen molar-refractivity contribution in [3.63, 3.8) is 0 Å². The smallest absolute Gasteiger partial charge is 0.317 e. The van der Waals surface area contributed by atoms with E-state index in [4.69, 9.17) is 9.47 Å². The summed E-state index contributed by atoms with van der Waals surface area (Å²) < 4.78 is 10.8. The minimum Gasteiger partial charge on any atom is -0.508 e. The number of aromatic hydroxyl groups is 1. The van der Waals surface area contributed by atoms with Crippen LogP contribution in [-0.4, -0.2) is 49.4 Å². The number of carbonyl (C=O) groups is 1. The zero-order valence-corrected chi connectivity index (χ0v) is 16.1. The SMILES string of the molecule is COc1ccc(OCCN(C)C(=O)NC(C)CCc2ccc(O)cc2)cc1. The lowest BCUT2D eigenvalue weighted by molar-refractivity contribution is 0.192. The maximum atomic E-state index is 12.2. The molecule has 2 aromatic carbocycles. The van der Waals surface area contributed by atoms with E-state index in [1.165, 1.54) is 0 Å². The van der Waals surface area contributed by atoms with E-state index in [-0.39, 0.29) is 17.8 Å². The summed E-state index contributed by atoms with van der Waals surface area (Å²) >= 11 is 0. The molecule has 2 amide bonds. The van der Waals surface area contributed by atoms with Crippen LogP contribution in [0.5, 0.6) is 17.2 Å². The van der Waals surface area contributed by atoms with Gasteiger partial charge in [0.15, 0.2) is 0 Å². The van der Waals surface area contributed by atoms with Crippen LogP contribution in [0, 0.1) is 0 Å². The molecule has 2 rings (SSSR count). The van der Waals surface area contributed by atoms with Crippen molar-refractivity contribution < 1.29 is 19.4 Å². The van der Waals surface area contributed by atoms with E-state index >= 15 is 0 Å². The molecule has 6 heteroatoms. The molecule has 0 aromatic heterocycles. The first kappa shape index (κ1) is 20.4. The van der Waals surface area contributed by atoms with Gasteiger partial charge < -0.3 is 24.8 Å². The van der Waals surface area contributed by atoms with Gasteiger partial charge in [-0.25, -0.2) is 4.79 Å². The summed E-state index contributed by atoms with van der Waals surface area (Å²) in [6, 6.07) is 14.4. The van der Waals surface area contributed by atoms with Crippen molar-refractivity contribution in [2.24, 2.45) is 0 Å². The van der Waals surface area contributed by atoms with Gasteiger partial charge in [0.2, 0.25) is 0 Å². The van der Waals surface area contributed by atoms with E-state index in [9.17, 15) is 9.90 Å². The maximum absolute atomic E-state index is 12.2. The summed E-state index contributed by atoms with van der Waals surface area (Å²) in [7, 11) is 3.37. The van der Waals surface area contributed by atoms with Gasteiger partial charge in [-0.1, -0.05) is 12.1 Å². The highest BCUT2D eigenvalue weighted by molar-refractivity contribution is 5.74. The van der Waals surface area contributed by atoms with Gasteiger partial charge in [0.1, 0.15) is 23.9 Å². The number of phenolic OH excluding ortho intramolecular Hbond substituents is 1. The van der Waals surface area contributed by atoms with Crippen molar-refractivity contribution >= 4 is 6.03 Å². The van der Waals surface area contributed by atoms with Crippen LogP contribution >= 0.6 is 0 Å². The lowest BCUT2D eigenvalue weighted by atomic mass is 10.1. The van der Waals surface area contributed by atoms with Gasteiger partial charge in [0.05, 0.1) is 13.7 Å². The molecule has 6 nitrogen and oxygen atoms in total. The fourth-order valence-electron chi connectivity index (χ4n) is 2.51. The van der Waals surface area contributed by atoms with E-state index in [0.717, 1.165) is 29.9 Å². The van der Waals surface area contributed by atoms with E-state index < -0.39 is 0 Å². The number of nitrogens with one attached hydrogen (secondary N) is 1. The van der Waals surface area contributed by atoms with Gasteiger partial charge in [-0.3, -0.25) is 0 Å². The normalized spacial score (nSPS) is 11.5. The Hall–Kier alpha value is -2.89. The number of phenols is 1. The van der Waals surface area contributed by atoms with Crippen molar-refractivity contribution in [1.29, 1.82) is 0 Å². The maximum Gasteiger partial charge on any atom is 0.317 e. The van der Waals surface area contributed by atoms with Gasteiger partial charge in [0, 0.05) is 13.1 Å². The van der Waals surface area contributed by atoms with Gasteiger partial charge in [-0.15, -0.1) is 0 Å². The van der Waals surface area contributed by atoms with Crippen LogP contribution in [0.2, 0.25) is 0 Å². The van der Waals surface area contributed by atoms with E-state index in [2.05, 4.69) is 5.32 Å². The van der Waals surface area contributed by atoms with E-state index in [1.807, 2.05) is 43.3 Å².